The van der Waals surface area contributed by atoms with Gasteiger partial charge in [0.05, 0.1) is 6.10 Å². The van der Waals surface area contributed by atoms with E-state index in [2.05, 4.69) is 89.4 Å². The van der Waals surface area contributed by atoms with Crippen LogP contribution in [0.2, 0.25) is 0 Å². The van der Waals surface area contributed by atoms with E-state index in [-0.39, 0.29) is 25.2 Å². The Hall–Kier alpha value is -4.18. The number of nitrogens with one attached hydrogen (secondary N) is 3. The predicted molar refractivity (Wildman–Crippen MR) is 179 cm³/mol. The van der Waals surface area contributed by atoms with E-state index in [1.807, 2.05) is 6.08 Å². The van der Waals surface area contributed by atoms with Crippen molar-refractivity contribution in [1.82, 2.24) is 20.2 Å². The number of allylic oxidation sites excluding steroid dienone is 12. The molecule has 1 aromatic heterocycles. The van der Waals surface area contributed by atoms with Gasteiger partial charge < -0.3 is 20.1 Å². The quantitative estimate of drug-likeness (QED) is 0.124. The summed E-state index contributed by atoms with van der Waals surface area (Å²) in [6, 6.07) is 0. The van der Waals surface area contributed by atoms with Crippen molar-refractivity contribution in [3.63, 3.8) is 0 Å². The lowest BCUT2D eigenvalue weighted by Crippen LogP contribution is -2.36. The van der Waals surface area contributed by atoms with E-state index in [1.54, 1.807) is 6.92 Å². The SMILES string of the molecule is CC/C=C\C/C=C\C/C=C\C/C=C\C/C=C\C/C=C\CCC(=O)NCCNC(=O)OCC1CCC(n2cc(C)c(=O)[nH]c2=O)O1. The van der Waals surface area contributed by atoms with Crippen molar-refractivity contribution in [1.29, 1.82) is 0 Å². The monoisotopic (exact) mass is 622 g/mol. The number of carbonyl (C=O) groups is 2. The highest BCUT2D eigenvalue weighted by molar-refractivity contribution is 5.76. The van der Waals surface area contributed by atoms with Crippen LogP contribution in [0.25, 0.3) is 0 Å². The molecule has 0 aromatic carbocycles. The molecule has 10 nitrogen and oxygen atoms in total. The van der Waals surface area contributed by atoms with Gasteiger partial charge in [-0.3, -0.25) is 19.1 Å². The summed E-state index contributed by atoms with van der Waals surface area (Å²) in [6.45, 7) is 4.34. The average molecular weight is 623 g/mol. The van der Waals surface area contributed by atoms with Gasteiger partial charge in [-0.15, -0.1) is 0 Å². The molecule has 0 bridgehead atoms. The second-order valence-electron chi connectivity index (χ2n) is 10.6. The van der Waals surface area contributed by atoms with Crippen molar-refractivity contribution in [2.24, 2.45) is 0 Å². The fourth-order valence-corrected chi connectivity index (χ4v) is 4.34. The number of hydrogen-bond acceptors (Lipinski definition) is 6. The Balaban J connectivity index is 1.43. The summed E-state index contributed by atoms with van der Waals surface area (Å²) in [4.78, 5) is 49.8. The maximum Gasteiger partial charge on any atom is 0.407 e. The Kier molecular flexibility index (Phi) is 19.1. The van der Waals surface area contributed by atoms with E-state index >= 15 is 0 Å². The third-order valence-corrected chi connectivity index (χ3v) is 6.79. The van der Waals surface area contributed by atoms with Gasteiger partial charge in [-0.25, -0.2) is 9.59 Å². The van der Waals surface area contributed by atoms with Crippen LogP contribution in [0.1, 0.15) is 82.9 Å². The molecule has 2 heterocycles. The van der Waals surface area contributed by atoms with Gasteiger partial charge in [0.1, 0.15) is 12.8 Å². The molecule has 2 rings (SSSR count). The van der Waals surface area contributed by atoms with Crippen LogP contribution >= 0.6 is 0 Å². The minimum Gasteiger partial charge on any atom is -0.447 e. The molecule has 1 aliphatic rings. The molecule has 0 saturated carbocycles. The van der Waals surface area contributed by atoms with E-state index < -0.39 is 23.6 Å². The van der Waals surface area contributed by atoms with E-state index in [0.29, 0.717) is 37.8 Å². The number of hydrogen-bond donors (Lipinski definition) is 3. The van der Waals surface area contributed by atoms with Crippen LogP contribution < -0.4 is 21.9 Å². The van der Waals surface area contributed by atoms with Crippen molar-refractivity contribution in [2.75, 3.05) is 19.7 Å². The lowest BCUT2D eigenvalue weighted by atomic mass is 10.2. The summed E-state index contributed by atoms with van der Waals surface area (Å²) < 4.78 is 12.4. The number of alkyl carbamates (subject to hydrolysis) is 1. The number of ether oxygens (including phenoxy) is 2. The van der Waals surface area contributed by atoms with E-state index in [1.165, 1.54) is 10.8 Å². The van der Waals surface area contributed by atoms with Crippen LogP contribution in [0.5, 0.6) is 0 Å². The highest BCUT2D eigenvalue weighted by Gasteiger charge is 2.28. The zero-order valence-electron chi connectivity index (χ0n) is 26.7. The minimum atomic E-state index is -0.605. The van der Waals surface area contributed by atoms with Crippen molar-refractivity contribution in [3.8, 4) is 0 Å². The first-order chi connectivity index (χ1) is 21.9. The van der Waals surface area contributed by atoms with E-state index in [9.17, 15) is 19.2 Å². The fraction of sp³-hybridized carbons (Fsp3) is 0.486. The van der Waals surface area contributed by atoms with Crippen LogP contribution in [0, 0.1) is 6.92 Å². The third kappa shape index (κ3) is 17.0. The Labute approximate surface area is 266 Å². The molecule has 0 aliphatic carbocycles. The summed E-state index contributed by atoms with van der Waals surface area (Å²) in [6.07, 6.45) is 33.7. The van der Waals surface area contributed by atoms with Gasteiger partial charge in [-0.05, 0) is 64.7 Å². The molecule has 0 radical (unpaired) electrons. The molecule has 3 N–H and O–H groups in total. The molecule has 2 amide bonds. The van der Waals surface area contributed by atoms with Crippen LogP contribution in [0.15, 0.2) is 88.7 Å². The second kappa shape index (κ2) is 23.2. The molecule has 2 unspecified atom stereocenters. The van der Waals surface area contributed by atoms with Crippen LogP contribution in [-0.2, 0) is 14.3 Å². The van der Waals surface area contributed by atoms with Gasteiger partial charge >= 0.3 is 11.8 Å². The molecule has 10 heteroatoms. The molecule has 246 valence electrons. The molecule has 45 heavy (non-hydrogen) atoms. The second-order valence-corrected chi connectivity index (χ2v) is 10.6. The first kappa shape index (κ1) is 37.0. The molecule has 0 spiro atoms. The molecular weight excluding hydrogens is 572 g/mol. The number of amides is 2. The summed E-state index contributed by atoms with van der Waals surface area (Å²) in [5, 5.41) is 5.37. The average Bonchev–Trinajstić information content (AvgIpc) is 3.50. The maximum atomic E-state index is 12.0. The van der Waals surface area contributed by atoms with Crippen LogP contribution in [0.3, 0.4) is 0 Å². The predicted octanol–water partition coefficient (Wildman–Crippen LogP) is 5.84. The molecule has 2 atom stereocenters. The highest BCUT2D eigenvalue weighted by Crippen LogP contribution is 2.27. The first-order valence-electron chi connectivity index (χ1n) is 16.0. The van der Waals surface area contributed by atoms with Gasteiger partial charge in [0.25, 0.3) is 5.56 Å². The van der Waals surface area contributed by atoms with Crippen LogP contribution in [-0.4, -0.2) is 47.4 Å². The van der Waals surface area contributed by atoms with Crippen molar-refractivity contribution < 1.29 is 19.1 Å². The summed E-state index contributed by atoms with van der Waals surface area (Å²) in [7, 11) is 0. The molecule has 1 saturated heterocycles. The topological polar surface area (TPSA) is 132 Å². The summed E-state index contributed by atoms with van der Waals surface area (Å²) in [5.74, 6) is -0.0807. The van der Waals surface area contributed by atoms with Crippen molar-refractivity contribution in [3.05, 3.63) is 106 Å². The van der Waals surface area contributed by atoms with Gasteiger partial charge in [0.15, 0.2) is 0 Å². The van der Waals surface area contributed by atoms with E-state index in [0.717, 1.165) is 38.5 Å². The third-order valence-electron chi connectivity index (χ3n) is 6.79. The Morgan fingerprint density at radius 1 is 0.867 bits per heavy atom. The Bertz CT molecular complexity index is 1320. The summed E-state index contributed by atoms with van der Waals surface area (Å²) in [5.41, 5.74) is -0.542. The van der Waals surface area contributed by atoms with Crippen LogP contribution in [0.4, 0.5) is 4.79 Å². The Morgan fingerprint density at radius 2 is 1.42 bits per heavy atom. The van der Waals surface area contributed by atoms with E-state index in [4.69, 9.17) is 9.47 Å². The minimum absolute atomic E-state index is 0.0394. The number of nitrogens with zero attached hydrogens (tertiary/aromatic N) is 1. The maximum absolute atomic E-state index is 12.0. The fourth-order valence-electron chi connectivity index (χ4n) is 4.34. The molecule has 1 aromatic rings. The van der Waals surface area contributed by atoms with Crippen molar-refractivity contribution in [2.45, 2.75) is 90.4 Å². The number of aromatic nitrogens is 2. The molecular formula is C35H50N4O6. The number of H-pyrrole nitrogens is 1. The smallest absolute Gasteiger partial charge is 0.407 e. The van der Waals surface area contributed by atoms with Crippen molar-refractivity contribution >= 4 is 12.0 Å². The summed E-state index contributed by atoms with van der Waals surface area (Å²) >= 11 is 0. The molecule has 1 aliphatic heterocycles. The lowest BCUT2D eigenvalue weighted by Gasteiger charge is -2.16. The molecule has 1 fully saturated rings. The lowest BCUT2D eigenvalue weighted by molar-refractivity contribution is -0.120. The Morgan fingerprint density at radius 3 is 2.02 bits per heavy atom. The van der Waals surface area contributed by atoms with Gasteiger partial charge in [-0.1, -0.05) is 79.8 Å². The highest BCUT2D eigenvalue weighted by atomic mass is 16.6. The standard InChI is InChI=1S/C35H50N4O6/c1-3-4-5-6-7-8-9-10-11-12-13-14-15-16-17-18-19-20-21-22-31(40)36-25-26-37-35(43)44-28-30-23-24-32(45-30)39-27-29(2)33(41)38-34(39)42/h4-5,7-8,10-11,13-14,16-17,19-20,27,30,32H,3,6,9,12,15,18,21-26,28H2,1-2H3,(H,36,40)(H,37,43)(H,38,41,42)/b5-4-,8-7-,11-10-,14-13-,17-16-,20-19-. The zero-order valence-corrected chi connectivity index (χ0v) is 26.7. The van der Waals surface area contributed by atoms with Gasteiger partial charge in [-0.2, -0.15) is 0 Å². The largest absolute Gasteiger partial charge is 0.447 e. The van der Waals surface area contributed by atoms with Gasteiger partial charge in [0, 0.05) is 31.3 Å². The number of aryl methyl sites for hydroxylation is 1. The zero-order chi connectivity index (χ0) is 32.5. The number of aromatic amines is 1. The first-order valence-corrected chi connectivity index (χ1v) is 16.0. The number of carbonyl (C=O) groups excluding carboxylic acids is 2. The number of rotatable bonds is 20. The normalized spacial score (nSPS) is 17.2. The van der Waals surface area contributed by atoms with Gasteiger partial charge in [0.2, 0.25) is 5.91 Å².